The predicted octanol–water partition coefficient (Wildman–Crippen LogP) is 2.55. The maximum atomic E-state index is 12.2. The van der Waals surface area contributed by atoms with E-state index in [-0.39, 0.29) is 13.1 Å². The zero-order chi connectivity index (χ0) is 22.3. The van der Waals surface area contributed by atoms with Gasteiger partial charge in [-0.05, 0) is 62.3 Å². The highest BCUT2D eigenvalue weighted by atomic mass is 16.7. The monoisotopic (exact) mass is 402 g/mol. The van der Waals surface area contributed by atoms with Crippen LogP contribution in [-0.4, -0.2) is 70.8 Å². The molecule has 0 rings (SSSR count). The number of ether oxygens (including phenoxy) is 2. The highest BCUT2D eigenvalue weighted by Gasteiger charge is 2.28. The van der Waals surface area contributed by atoms with Crippen LogP contribution < -0.4 is 0 Å². The molecule has 0 aromatic rings. The third-order valence-electron chi connectivity index (χ3n) is 3.15. The van der Waals surface area contributed by atoms with Crippen LogP contribution in [0.1, 0.15) is 69.2 Å². The van der Waals surface area contributed by atoms with Gasteiger partial charge in [-0.1, -0.05) is 0 Å². The smallest absolute Gasteiger partial charge is 0.322 e. The molecule has 0 fully saturated rings. The van der Waals surface area contributed by atoms with Crippen molar-refractivity contribution in [1.82, 2.24) is 9.96 Å². The number of rotatable bonds is 8. The first kappa shape index (κ1) is 26.3. The van der Waals surface area contributed by atoms with Crippen LogP contribution >= 0.6 is 0 Å². The summed E-state index contributed by atoms with van der Waals surface area (Å²) in [6.45, 7) is 18.2. The van der Waals surface area contributed by atoms with Gasteiger partial charge in [-0.3, -0.25) is 19.3 Å². The Bertz CT molecular complexity index is 510. The highest BCUT2D eigenvalue weighted by molar-refractivity contribution is 5.75. The van der Waals surface area contributed by atoms with Gasteiger partial charge in [0.15, 0.2) is 0 Å². The molecule has 0 N–H and O–H groups in total. The number of nitrogens with zero attached hydrogens (tertiary/aromatic N) is 2. The quantitative estimate of drug-likeness (QED) is 0.452. The molecule has 0 bridgehead atoms. The minimum Gasteiger partial charge on any atom is -0.459 e. The maximum Gasteiger partial charge on any atom is 0.322 e. The fourth-order valence-corrected chi connectivity index (χ4v) is 2.23. The van der Waals surface area contributed by atoms with E-state index in [0.29, 0.717) is 13.1 Å². The lowest BCUT2D eigenvalue weighted by atomic mass is 10.1. The molecule has 0 aliphatic rings. The van der Waals surface area contributed by atoms with Crippen molar-refractivity contribution < 1.29 is 28.7 Å². The second kappa shape index (κ2) is 10.2. The molecule has 0 aromatic heterocycles. The highest BCUT2D eigenvalue weighted by Crippen LogP contribution is 2.15. The maximum absolute atomic E-state index is 12.2. The van der Waals surface area contributed by atoms with Crippen molar-refractivity contribution in [3.05, 3.63) is 0 Å². The molecule has 0 atom stereocenters. The summed E-state index contributed by atoms with van der Waals surface area (Å²) in [7, 11) is 0. The standard InChI is InChI=1S/C20H38N2O6/c1-15(23)28-22(18(2,3)4)12-11-21(13-16(24)26-19(5,6)7)14-17(25)27-20(8,9)10/h11-14H2,1-10H3. The third-order valence-corrected chi connectivity index (χ3v) is 3.15. The molecule has 0 amide bonds. The van der Waals surface area contributed by atoms with Gasteiger partial charge in [0.05, 0.1) is 13.1 Å². The van der Waals surface area contributed by atoms with E-state index in [1.54, 1.807) is 46.4 Å². The van der Waals surface area contributed by atoms with E-state index in [9.17, 15) is 14.4 Å². The molecule has 8 heteroatoms. The van der Waals surface area contributed by atoms with Gasteiger partial charge in [-0.2, -0.15) is 0 Å². The minimum atomic E-state index is -0.621. The normalized spacial score (nSPS) is 12.9. The molecule has 8 nitrogen and oxygen atoms in total. The zero-order valence-electron chi connectivity index (χ0n) is 19.2. The fourth-order valence-electron chi connectivity index (χ4n) is 2.23. The van der Waals surface area contributed by atoms with E-state index in [2.05, 4.69) is 0 Å². The molecule has 0 aliphatic carbocycles. The van der Waals surface area contributed by atoms with Gasteiger partial charge in [0.2, 0.25) is 0 Å². The number of esters is 2. The van der Waals surface area contributed by atoms with E-state index in [1.807, 2.05) is 20.8 Å². The van der Waals surface area contributed by atoms with E-state index in [1.165, 1.54) is 12.0 Å². The Balaban J connectivity index is 5.16. The molecule has 0 aromatic carbocycles. The SMILES string of the molecule is CC(=O)ON(CCN(CC(=O)OC(C)(C)C)CC(=O)OC(C)(C)C)C(C)(C)C. The summed E-state index contributed by atoms with van der Waals surface area (Å²) in [5.74, 6) is -1.31. The second-order valence-electron chi connectivity index (χ2n) is 9.74. The molecule has 164 valence electrons. The van der Waals surface area contributed by atoms with Crippen molar-refractivity contribution in [2.45, 2.75) is 86.0 Å². The summed E-state index contributed by atoms with van der Waals surface area (Å²) >= 11 is 0. The molecule has 0 aliphatic heterocycles. The molecule has 0 saturated heterocycles. The van der Waals surface area contributed by atoms with E-state index < -0.39 is 34.6 Å². The average molecular weight is 403 g/mol. The van der Waals surface area contributed by atoms with E-state index in [0.717, 1.165) is 0 Å². The number of hydrogen-bond acceptors (Lipinski definition) is 8. The van der Waals surface area contributed by atoms with Crippen LogP contribution in [0.2, 0.25) is 0 Å². The Kier molecular flexibility index (Phi) is 9.60. The summed E-state index contributed by atoms with van der Waals surface area (Å²) < 4.78 is 10.7. The second-order valence-corrected chi connectivity index (χ2v) is 9.74. The Morgan fingerprint density at radius 2 is 1.11 bits per heavy atom. The molecule has 0 saturated carbocycles. The van der Waals surface area contributed by atoms with Gasteiger partial charge < -0.3 is 14.3 Å². The number of carbonyl (C=O) groups excluding carboxylic acids is 3. The van der Waals surface area contributed by atoms with Crippen LogP contribution in [0.15, 0.2) is 0 Å². The summed E-state index contributed by atoms with van der Waals surface area (Å²) in [6, 6.07) is 0. The number of hydrogen-bond donors (Lipinski definition) is 0. The fraction of sp³-hybridized carbons (Fsp3) is 0.850. The summed E-state index contributed by atoms with van der Waals surface area (Å²) in [5.41, 5.74) is -1.68. The number of hydroxylamine groups is 2. The minimum absolute atomic E-state index is 0.0748. The van der Waals surface area contributed by atoms with Crippen molar-refractivity contribution in [2.24, 2.45) is 0 Å². The Morgan fingerprint density at radius 1 is 0.714 bits per heavy atom. The molecule has 0 heterocycles. The molecular weight excluding hydrogens is 364 g/mol. The largest absolute Gasteiger partial charge is 0.459 e. The van der Waals surface area contributed by atoms with Gasteiger partial charge in [0, 0.05) is 25.6 Å². The van der Waals surface area contributed by atoms with Crippen LogP contribution in [0.5, 0.6) is 0 Å². The summed E-state index contributed by atoms with van der Waals surface area (Å²) in [5, 5.41) is 1.53. The van der Waals surface area contributed by atoms with Crippen LogP contribution in [0.4, 0.5) is 0 Å². The van der Waals surface area contributed by atoms with Crippen molar-refractivity contribution in [3.63, 3.8) is 0 Å². The van der Waals surface area contributed by atoms with Crippen LogP contribution in [0.25, 0.3) is 0 Å². The Labute approximate surface area is 169 Å². The predicted molar refractivity (Wildman–Crippen MR) is 106 cm³/mol. The zero-order valence-corrected chi connectivity index (χ0v) is 19.2. The Morgan fingerprint density at radius 3 is 1.39 bits per heavy atom. The van der Waals surface area contributed by atoms with Gasteiger partial charge in [0.1, 0.15) is 11.2 Å². The van der Waals surface area contributed by atoms with Crippen molar-refractivity contribution in [2.75, 3.05) is 26.2 Å². The summed E-state index contributed by atoms with van der Waals surface area (Å²) in [4.78, 5) is 42.8. The topological polar surface area (TPSA) is 85.4 Å². The van der Waals surface area contributed by atoms with E-state index in [4.69, 9.17) is 14.3 Å². The van der Waals surface area contributed by atoms with Gasteiger partial charge >= 0.3 is 17.9 Å². The molecular formula is C20H38N2O6. The molecule has 0 spiro atoms. The third kappa shape index (κ3) is 13.5. The number of carbonyl (C=O) groups is 3. The van der Waals surface area contributed by atoms with Crippen molar-refractivity contribution in [3.8, 4) is 0 Å². The Hall–Kier alpha value is -1.67. The first-order valence-corrected chi connectivity index (χ1v) is 9.51. The average Bonchev–Trinajstić information content (AvgIpc) is 2.36. The van der Waals surface area contributed by atoms with E-state index >= 15 is 0 Å². The lowest BCUT2D eigenvalue weighted by Crippen LogP contribution is -2.48. The first-order valence-electron chi connectivity index (χ1n) is 9.51. The van der Waals surface area contributed by atoms with Crippen molar-refractivity contribution >= 4 is 17.9 Å². The van der Waals surface area contributed by atoms with Crippen LogP contribution in [0.3, 0.4) is 0 Å². The van der Waals surface area contributed by atoms with Gasteiger partial charge in [0.25, 0.3) is 0 Å². The van der Waals surface area contributed by atoms with Crippen molar-refractivity contribution in [1.29, 1.82) is 0 Å². The molecule has 0 radical (unpaired) electrons. The molecule has 28 heavy (non-hydrogen) atoms. The van der Waals surface area contributed by atoms with Crippen LogP contribution in [0, 0.1) is 0 Å². The lowest BCUT2D eigenvalue weighted by molar-refractivity contribution is -0.213. The lowest BCUT2D eigenvalue weighted by Gasteiger charge is -2.34. The van der Waals surface area contributed by atoms with Gasteiger partial charge in [-0.15, -0.1) is 5.06 Å². The van der Waals surface area contributed by atoms with Gasteiger partial charge in [-0.25, -0.2) is 0 Å². The van der Waals surface area contributed by atoms with Crippen LogP contribution in [-0.2, 0) is 28.7 Å². The first-order chi connectivity index (χ1) is 12.4. The molecule has 0 unspecified atom stereocenters. The summed E-state index contributed by atoms with van der Waals surface area (Å²) in [6.07, 6.45) is 0.